The second kappa shape index (κ2) is 2.95. The third-order valence-electron chi connectivity index (χ3n) is 1.78. The molecule has 2 rings (SSSR count). The van der Waals surface area contributed by atoms with Gasteiger partial charge >= 0.3 is 5.97 Å². The lowest BCUT2D eigenvalue weighted by atomic mass is 10.2. The van der Waals surface area contributed by atoms with Crippen molar-refractivity contribution in [3.63, 3.8) is 0 Å². The molecule has 0 spiro atoms. The van der Waals surface area contributed by atoms with Crippen molar-refractivity contribution in [3.05, 3.63) is 40.2 Å². The Morgan fingerprint density at radius 3 is 2.79 bits per heavy atom. The standard InChI is InChI=1S/C9H5NO4/c11-8-5-3-1-2-4-6(5)14-10-7(8)9(12)13/h1-4H,(H,12,13). The van der Waals surface area contributed by atoms with Crippen LogP contribution in [0, 0.1) is 0 Å². The van der Waals surface area contributed by atoms with Gasteiger partial charge in [-0.25, -0.2) is 4.79 Å². The molecule has 14 heavy (non-hydrogen) atoms. The molecule has 0 aliphatic heterocycles. The van der Waals surface area contributed by atoms with Gasteiger partial charge in [-0.3, -0.25) is 4.79 Å². The molecule has 1 N–H and O–H groups in total. The second-order valence-electron chi connectivity index (χ2n) is 2.66. The molecule has 0 fully saturated rings. The summed E-state index contributed by atoms with van der Waals surface area (Å²) >= 11 is 0. The Hall–Kier alpha value is -2.17. The van der Waals surface area contributed by atoms with E-state index in [1.807, 2.05) is 0 Å². The zero-order valence-electron chi connectivity index (χ0n) is 6.93. The minimum atomic E-state index is -1.38. The number of para-hydroxylation sites is 1. The predicted molar refractivity (Wildman–Crippen MR) is 47.2 cm³/mol. The average molecular weight is 191 g/mol. The van der Waals surface area contributed by atoms with Crippen molar-refractivity contribution < 1.29 is 14.4 Å². The molecule has 70 valence electrons. The van der Waals surface area contributed by atoms with Gasteiger partial charge in [0.25, 0.3) is 0 Å². The molecule has 0 aliphatic rings. The van der Waals surface area contributed by atoms with E-state index in [0.717, 1.165) is 0 Å². The lowest BCUT2D eigenvalue weighted by molar-refractivity contribution is 0.0681. The van der Waals surface area contributed by atoms with Gasteiger partial charge in [0.1, 0.15) is 0 Å². The number of benzene rings is 1. The first-order chi connectivity index (χ1) is 6.70. The van der Waals surface area contributed by atoms with Gasteiger partial charge in [-0.15, -0.1) is 0 Å². The molecule has 1 aromatic carbocycles. The van der Waals surface area contributed by atoms with Crippen LogP contribution in [0.4, 0.5) is 0 Å². The van der Waals surface area contributed by atoms with Crippen LogP contribution in [0.3, 0.4) is 0 Å². The minimum Gasteiger partial charge on any atom is -0.476 e. The van der Waals surface area contributed by atoms with Crippen molar-refractivity contribution in [2.75, 3.05) is 0 Å². The second-order valence-corrected chi connectivity index (χ2v) is 2.66. The highest BCUT2D eigenvalue weighted by molar-refractivity contribution is 5.89. The summed E-state index contributed by atoms with van der Waals surface area (Å²) in [6.07, 6.45) is 0. The SMILES string of the molecule is O=C(O)c1noc2ccccc2c1=O. The first-order valence-corrected chi connectivity index (χ1v) is 3.82. The van der Waals surface area contributed by atoms with E-state index >= 15 is 0 Å². The van der Waals surface area contributed by atoms with Gasteiger partial charge < -0.3 is 9.63 Å². The maximum Gasteiger partial charge on any atom is 0.362 e. The highest BCUT2D eigenvalue weighted by atomic mass is 16.5. The number of carbonyl (C=O) groups is 1. The van der Waals surface area contributed by atoms with Crippen molar-refractivity contribution >= 4 is 16.9 Å². The van der Waals surface area contributed by atoms with Gasteiger partial charge in [-0.05, 0) is 12.1 Å². The summed E-state index contributed by atoms with van der Waals surface area (Å²) in [5, 5.41) is 12.0. The lowest BCUT2D eigenvalue weighted by Crippen LogP contribution is -2.16. The topological polar surface area (TPSA) is 80.4 Å². The van der Waals surface area contributed by atoms with Crippen LogP contribution >= 0.6 is 0 Å². The Morgan fingerprint density at radius 1 is 1.36 bits per heavy atom. The third-order valence-corrected chi connectivity index (χ3v) is 1.78. The normalized spacial score (nSPS) is 10.3. The fraction of sp³-hybridized carbons (Fsp3) is 0. The van der Waals surface area contributed by atoms with E-state index in [2.05, 4.69) is 5.16 Å². The van der Waals surface area contributed by atoms with Gasteiger partial charge in [0.15, 0.2) is 5.58 Å². The minimum absolute atomic E-state index is 0.222. The maximum atomic E-state index is 11.5. The van der Waals surface area contributed by atoms with E-state index < -0.39 is 17.1 Å². The number of rotatable bonds is 1. The molecule has 0 atom stereocenters. The molecular weight excluding hydrogens is 186 g/mol. The van der Waals surface area contributed by atoms with Crippen LogP contribution < -0.4 is 5.43 Å². The summed E-state index contributed by atoms with van der Waals surface area (Å²) < 4.78 is 4.75. The summed E-state index contributed by atoms with van der Waals surface area (Å²) in [5.41, 5.74) is -0.939. The van der Waals surface area contributed by atoms with Crippen molar-refractivity contribution in [1.82, 2.24) is 5.16 Å². The molecule has 0 radical (unpaired) electrons. The molecule has 0 saturated heterocycles. The molecule has 0 saturated carbocycles. The zero-order chi connectivity index (χ0) is 10.1. The van der Waals surface area contributed by atoms with E-state index in [0.29, 0.717) is 0 Å². The van der Waals surface area contributed by atoms with Crippen LogP contribution in [0.5, 0.6) is 0 Å². The Labute approximate surface area is 77.6 Å². The molecule has 0 amide bonds. The van der Waals surface area contributed by atoms with Crippen molar-refractivity contribution in [2.24, 2.45) is 0 Å². The number of aromatic carboxylic acids is 1. The van der Waals surface area contributed by atoms with E-state index in [1.54, 1.807) is 18.2 Å². The van der Waals surface area contributed by atoms with Gasteiger partial charge in [0, 0.05) is 0 Å². The molecule has 5 nitrogen and oxygen atoms in total. The smallest absolute Gasteiger partial charge is 0.362 e. The maximum absolute atomic E-state index is 11.5. The Balaban J connectivity index is 2.89. The van der Waals surface area contributed by atoms with Gasteiger partial charge in [0.05, 0.1) is 5.39 Å². The van der Waals surface area contributed by atoms with E-state index in [1.165, 1.54) is 6.07 Å². The van der Waals surface area contributed by atoms with E-state index in [4.69, 9.17) is 9.63 Å². The number of hydrogen-bond donors (Lipinski definition) is 1. The van der Waals surface area contributed by atoms with Gasteiger partial charge in [-0.1, -0.05) is 17.3 Å². The number of fused-ring (bicyclic) bond motifs is 1. The summed E-state index contributed by atoms with van der Waals surface area (Å²) in [4.78, 5) is 22.0. The average Bonchev–Trinajstić information content (AvgIpc) is 2.18. The molecule has 2 aromatic rings. The highest BCUT2D eigenvalue weighted by Gasteiger charge is 2.14. The Kier molecular flexibility index (Phi) is 1.78. The first kappa shape index (κ1) is 8.43. The van der Waals surface area contributed by atoms with Crippen molar-refractivity contribution in [1.29, 1.82) is 0 Å². The van der Waals surface area contributed by atoms with Gasteiger partial charge in [-0.2, -0.15) is 0 Å². The Bertz CT molecular complexity index is 558. The van der Waals surface area contributed by atoms with Crippen molar-refractivity contribution in [2.45, 2.75) is 0 Å². The number of carboxylic acids is 1. The van der Waals surface area contributed by atoms with E-state index in [-0.39, 0.29) is 11.0 Å². The summed E-state index contributed by atoms with van der Waals surface area (Å²) in [6.45, 7) is 0. The largest absolute Gasteiger partial charge is 0.476 e. The third kappa shape index (κ3) is 1.15. The monoisotopic (exact) mass is 191 g/mol. The van der Waals surface area contributed by atoms with Crippen molar-refractivity contribution in [3.8, 4) is 0 Å². The zero-order valence-corrected chi connectivity index (χ0v) is 6.93. The molecular formula is C9H5NO4. The molecule has 1 aromatic heterocycles. The number of aromatic nitrogens is 1. The predicted octanol–water partition coefficient (Wildman–Crippen LogP) is 0.886. The molecule has 0 aliphatic carbocycles. The fourth-order valence-electron chi connectivity index (χ4n) is 1.13. The fourth-order valence-corrected chi connectivity index (χ4v) is 1.13. The van der Waals surface area contributed by atoms with E-state index in [9.17, 15) is 9.59 Å². The number of nitrogens with zero attached hydrogens (tertiary/aromatic N) is 1. The lowest BCUT2D eigenvalue weighted by Gasteiger charge is -1.94. The Morgan fingerprint density at radius 2 is 2.07 bits per heavy atom. The van der Waals surface area contributed by atoms with Crippen LogP contribution in [0.25, 0.3) is 11.0 Å². The van der Waals surface area contributed by atoms with Crippen LogP contribution in [0.2, 0.25) is 0 Å². The summed E-state index contributed by atoms with van der Waals surface area (Å²) in [6, 6.07) is 6.35. The van der Waals surface area contributed by atoms with Crippen LogP contribution in [0.1, 0.15) is 10.5 Å². The number of hydrogen-bond acceptors (Lipinski definition) is 4. The van der Waals surface area contributed by atoms with Crippen LogP contribution in [-0.4, -0.2) is 16.2 Å². The number of carboxylic acid groups (broad SMARTS) is 1. The molecule has 0 unspecified atom stereocenters. The quantitative estimate of drug-likeness (QED) is 0.723. The van der Waals surface area contributed by atoms with Crippen LogP contribution in [-0.2, 0) is 0 Å². The molecule has 1 heterocycles. The molecule has 0 bridgehead atoms. The summed E-state index contributed by atoms with van der Waals surface area (Å²) in [5.74, 6) is -1.38. The summed E-state index contributed by atoms with van der Waals surface area (Å²) in [7, 11) is 0. The first-order valence-electron chi connectivity index (χ1n) is 3.82. The van der Waals surface area contributed by atoms with Crippen LogP contribution in [0.15, 0.2) is 33.6 Å². The van der Waals surface area contributed by atoms with Gasteiger partial charge in [0.2, 0.25) is 11.1 Å². The molecule has 5 heteroatoms. The highest BCUT2D eigenvalue weighted by Crippen LogP contribution is 2.07.